The minimum absolute atomic E-state index is 0.103. The van der Waals surface area contributed by atoms with Crippen molar-refractivity contribution in [3.05, 3.63) is 29.8 Å². The summed E-state index contributed by atoms with van der Waals surface area (Å²) in [4.78, 5) is 31.5. The third kappa shape index (κ3) is 4.20. The fraction of sp³-hybridized carbons (Fsp3) is 0.375. The third-order valence-corrected chi connectivity index (χ3v) is 3.77. The van der Waals surface area contributed by atoms with Crippen LogP contribution in [0.3, 0.4) is 0 Å². The number of nitrogens with zero attached hydrogens (tertiary/aromatic N) is 2. The summed E-state index contributed by atoms with van der Waals surface area (Å²) in [6, 6.07) is 7.40. The molecule has 7 heteroatoms. The molecular formula is C16H21N4O2S+. The molecule has 23 heavy (non-hydrogen) atoms. The number of amides is 2. The average Bonchev–Trinajstić information content (AvgIpc) is 2.47. The zero-order valence-electron chi connectivity index (χ0n) is 13.5. The Morgan fingerprint density at radius 1 is 1.30 bits per heavy atom. The highest BCUT2D eigenvalue weighted by atomic mass is 32.1. The van der Waals surface area contributed by atoms with Crippen LogP contribution in [0.5, 0.6) is 0 Å². The summed E-state index contributed by atoms with van der Waals surface area (Å²) < 4.78 is 0. The van der Waals surface area contributed by atoms with Gasteiger partial charge in [0.15, 0.2) is 11.0 Å². The van der Waals surface area contributed by atoms with Crippen molar-refractivity contribution in [3.63, 3.8) is 0 Å². The quantitative estimate of drug-likeness (QED) is 0.437. The smallest absolute Gasteiger partial charge is 0.251 e. The first-order chi connectivity index (χ1) is 10.9. The van der Waals surface area contributed by atoms with E-state index in [2.05, 4.69) is 10.3 Å². The number of benzene rings is 1. The van der Waals surface area contributed by atoms with E-state index in [-0.39, 0.29) is 11.0 Å². The molecule has 0 aromatic heterocycles. The number of aliphatic imine (C=N–C) groups is 1. The Kier molecular flexibility index (Phi) is 5.57. The molecule has 1 fully saturated rings. The van der Waals surface area contributed by atoms with Crippen molar-refractivity contribution >= 4 is 41.0 Å². The van der Waals surface area contributed by atoms with Crippen LogP contribution in [0.15, 0.2) is 29.3 Å². The minimum Gasteiger partial charge on any atom is -0.338 e. The van der Waals surface area contributed by atoms with Gasteiger partial charge in [-0.1, -0.05) is 17.7 Å². The standard InChI is InChI=1S/C16H20N4O2S/c1-11-4-6-12(7-5-11)20-15(22)13(14(21)18-16(20)23)10-17-8-9-19(2)3/h4-7,10,13H,8-9H2,1-3H3,(H,18,21,23)/p+1/t13-/m0/s1. The summed E-state index contributed by atoms with van der Waals surface area (Å²) >= 11 is 5.14. The molecule has 0 radical (unpaired) electrons. The van der Waals surface area contributed by atoms with Crippen molar-refractivity contribution in [1.29, 1.82) is 0 Å². The van der Waals surface area contributed by atoms with Crippen LogP contribution in [0, 0.1) is 12.8 Å². The lowest BCUT2D eigenvalue weighted by atomic mass is 10.1. The number of hydrogen-bond acceptors (Lipinski definition) is 4. The molecule has 1 atom stereocenters. The van der Waals surface area contributed by atoms with Crippen molar-refractivity contribution < 1.29 is 14.5 Å². The first-order valence-corrected chi connectivity index (χ1v) is 7.85. The predicted octanol–water partition coefficient (Wildman–Crippen LogP) is -0.426. The van der Waals surface area contributed by atoms with Gasteiger partial charge in [0.1, 0.15) is 0 Å². The number of quaternary nitrogens is 1. The monoisotopic (exact) mass is 333 g/mol. The first-order valence-electron chi connectivity index (χ1n) is 7.44. The molecule has 2 amide bonds. The fourth-order valence-corrected chi connectivity index (χ4v) is 2.42. The van der Waals surface area contributed by atoms with E-state index in [1.54, 1.807) is 12.1 Å². The van der Waals surface area contributed by atoms with Gasteiger partial charge in [0.05, 0.1) is 32.9 Å². The van der Waals surface area contributed by atoms with Crippen LogP contribution < -0.4 is 15.1 Å². The molecule has 0 unspecified atom stereocenters. The van der Waals surface area contributed by atoms with Crippen molar-refractivity contribution in [3.8, 4) is 0 Å². The SMILES string of the molecule is Cc1ccc(N2C(=O)[C@@H](C=NCC[NH+](C)C)C(=O)NC2=S)cc1. The van der Waals surface area contributed by atoms with Crippen LogP contribution in [-0.2, 0) is 9.59 Å². The van der Waals surface area contributed by atoms with E-state index in [9.17, 15) is 9.59 Å². The number of hydrogen-bond donors (Lipinski definition) is 2. The van der Waals surface area contributed by atoms with Gasteiger partial charge >= 0.3 is 0 Å². The van der Waals surface area contributed by atoms with Crippen LogP contribution in [0.1, 0.15) is 5.56 Å². The topological polar surface area (TPSA) is 66.2 Å². The van der Waals surface area contributed by atoms with Crippen molar-refractivity contribution in [2.24, 2.45) is 10.9 Å². The molecule has 1 aliphatic rings. The Balaban J connectivity index is 2.18. The lowest BCUT2D eigenvalue weighted by Gasteiger charge is -2.31. The number of carbonyl (C=O) groups is 2. The van der Waals surface area contributed by atoms with E-state index in [4.69, 9.17) is 12.2 Å². The van der Waals surface area contributed by atoms with E-state index in [1.807, 2.05) is 33.2 Å². The molecule has 122 valence electrons. The fourth-order valence-electron chi connectivity index (χ4n) is 2.13. The second-order valence-corrected chi connectivity index (χ2v) is 6.18. The van der Waals surface area contributed by atoms with Gasteiger partial charge < -0.3 is 10.2 Å². The zero-order chi connectivity index (χ0) is 17.0. The van der Waals surface area contributed by atoms with E-state index >= 15 is 0 Å². The molecule has 0 bridgehead atoms. The highest BCUT2D eigenvalue weighted by molar-refractivity contribution is 7.80. The second-order valence-electron chi connectivity index (χ2n) is 5.79. The summed E-state index contributed by atoms with van der Waals surface area (Å²) in [7, 11) is 4.04. The molecule has 6 nitrogen and oxygen atoms in total. The van der Waals surface area contributed by atoms with Crippen molar-refractivity contribution in [2.45, 2.75) is 6.92 Å². The van der Waals surface area contributed by atoms with Gasteiger partial charge in [0.25, 0.3) is 5.91 Å². The molecule has 0 spiro atoms. The summed E-state index contributed by atoms with van der Waals surface area (Å²) in [6.45, 7) is 3.36. The third-order valence-electron chi connectivity index (χ3n) is 3.49. The normalized spacial score (nSPS) is 18.9. The highest BCUT2D eigenvalue weighted by Gasteiger charge is 2.38. The number of rotatable bonds is 5. The van der Waals surface area contributed by atoms with Crippen LogP contribution in [0.4, 0.5) is 5.69 Å². The molecule has 1 heterocycles. The van der Waals surface area contributed by atoms with Gasteiger partial charge in [-0.05, 0) is 31.3 Å². The molecule has 2 rings (SSSR count). The van der Waals surface area contributed by atoms with Crippen LogP contribution in [0.2, 0.25) is 0 Å². The van der Waals surface area contributed by atoms with Gasteiger partial charge in [-0.3, -0.25) is 19.5 Å². The summed E-state index contributed by atoms with van der Waals surface area (Å²) in [5, 5.41) is 2.68. The molecule has 1 saturated heterocycles. The van der Waals surface area contributed by atoms with Crippen LogP contribution in [-0.4, -0.2) is 50.3 Å². The van der Waals surface area contributed by atoms with Crippen molar-refractivity contribution in [1.82, 2.24) is 5.32 Å². The van der Waals surface area contributed by atoms with Gasteiger partial charge in [0, 0.05) is 6.21 Å². The molecule has 1 aromatic rings. The number of anilines is 1. The molecule has 1 aliphatic heterocycles. The summed E-state index contributed by atoms with van der Waals surface area (Å²) in [5.41, 5.74) is 1.72. The van der Waals surface area contributed by atoms with E-state index in [1.165, 1.54) is 16.0 Å². The maximum Gasteiger partial charge on any atom is 0.251 e. The average molecular weight is 333 g/mol. The van der Waals surface area contributed by atoms with Gasteiger partial charge in [-0.15, -0.1) is 0 Å². The lowest BCUT2D eigenvalue weighted by Crippen LogP contribution is -3.06. The number of likely N-dealkylation sites (N-methyl/N-ethyl adjacent to an activating group) is 1. The first kappa shape index (κ1) is 17.2. The maximum atomic E-state index is 12.6. The van der Waals surface area contributed by atoms with E-state index < -0.39 is 11.8 Å². The zero-order valence-corrected chi connectivity index (χ0v) is 14.3. The molecule has 1 aromatic carbocycles. The van der Waals surface area contributed by atoms with Crippen molar-refractivity contribution in [2.75, 3.05) is 32.1 Å². The molecule has 0 saturated carbocycles. The molecule has 2 N–H and O–H groups in total. The molecule has 0 aliphatic carbocycles. The summed E-state index contributed by atoms with van der Waals surface area (Å²) in [5.74, 6) is -1.74. The number of nitrogens with one attached hydrogen (secondary N) is 2. The summed E-state index contributed by atoms with van der Waals surface area (Å²) in [6.07, 6.45) is 1.42. The largest absolute Gasteiger partial charge is 0.338 e. The Bertz CT molecular complexity index is 640. The number of thiocarbonyl (C=S) groups is 1. The second kappa shape index (κ2) is 7.43. The van der Waals surface area contributed by atoms with E-state index in [0.717, 1.165) is 12.1 Å². The maximum absolute atomic E-state index is 12.6. The highest BCUT2D eigenvalue weighted by Crippen LogP contribution is 2.20. The lowest BCUT2D eigenvalue weighted by molar-refractivity contribution is -0.856. The number of carbonyl (C=O) groups excluding carboxylic acids is 2. The van der Waals surface area contributed by atoms with Gasteiger partial charge in [-0.2, -0.15) is 0 Å². The van der Waals surface area contributed by atoms with Crippen LogP contribution >= 0.6 is 12.2 Å². The van der Waals surface area contributed by atoms with Crippen LogP contribution in [0.25, 0.3) is 0 Å². The van der Waals surface area contributed by atoms with E-state index in [0.29, 0.717) is 12.2 Å². The minimum atomic E-state index is -0.944. The Labute approximate surface area is 141 Å². The predicted molar refractivity (Wildman–Crippen MR) is 93.9 cm³/mol. The Hall–Kier alpha value is -2.12. The Morgan fingerprint density at radius 2 is 1.96 bits per heavy atom. The molecular weight excluding hydrogens is 312 g/mol. The number of aryl methyl sites for hydroxylation is 1. The Morgan fingerprint density at radius 3 is 2.57 bits per heavy atom. The van der Waals surface area contributed by atoms with Gasteiger partial charge in [0.2, 0.25) is 5.91 Å². The van der Waals surface area contributed by atoms with Gasteiger partial charge in [-0.25, -0.2) is 0 Å².